The van der Waals surface area contributed by atoms with Crippen LogP contribution < -0.4 is 0 Å². The number of rotatable bonds is 26. The quantitative estimate of drug-likeness (QED) is 0.0476. The van der Waals surface area contributed by atoms with Crippen molar-refractivity contribution in [3.05, 3.63) is 359 Å². The summed E-state index contributed by atoms with van der Waals surface area (Å²) in [6, 6.07) is 64.1. The molecule has 4 aromatic carbocycles. The van der Waals surface area contributed by atoms with Crippen LogP contribution in [-0.2, 0) is 27.2 Å². The largest absolute Gasteiger partial charge is 0.478 e. The molecule has 24 rings (SSSR count). The number of methoxy groups -OCH3 is 1. The third kappa shape index (κ3) is 20.0. The van der Waals surface area contributed by atoms with Crippen molar-refractivity contribution in [1.82, 2.24) is 78.8 Å². The van der Waals surface area contributed by atoms with E-state index in [0.29, 0.717) is 30.1 Å². The molecule has 2 N–H and O–H groups in total. The van der Waals surface area contributed by atoms with E-state index in [1.807, 2.05) is 184 Å². The molecule has 0 spiro atoms. The Balaban J connectivity index is 0.000000116. The summed E-state index contributed by atoms with van der Waals surface area (Å²) in [4.78, 5) is 85.2. The summed E-state index contributed by atoms with van der Waals surface area (Å²) < 4.78 is 36.1. The van der Waals surface area contributed by atoms with Gasteiger partial charge in [-0.2, -0.15) is 0 Å². The number of ketones is 1. The number of carboxylic acids is 2. The van der Waals surface area contributed by atoms with Gasteiger partial charge in [0.1, 0.15) is 28.8 Å². The van der Waals surface area contributed by atoms with Crippen LogP contribution in [0.2, 0.25) is 0 Å². The van der Waals surface area contributed by atoms with Crippen molar-refractivity contribution < 1.29 is 52.2 Å². The number of carboxylic acid groups (broad SMARTS) is 2. The van der Waals surface area contributed by atoms with Crippen LogP contribution in [0, 0.1) is 79.1 Å². The van der Waals surface area contributed by atoms with Crippen molar-refractivity contribution in [2.75, 3.05) is 7.11 Å². The number of esters is 1. The van der Waals surface area contributed by atoms with Crippen LogP contribution in [0.25, 0.3) is 133 Å². The van der Waals surface area contributed by atoms with Crippen molar-refractivity contribution in [2.45, 2.75) is 189 Å². The minimum absolute atomic E-state index is 0.0627. The summed E-state index contributed by atoms with van der Waals surface area (Å²) in [5.41, 5.74) is 33.7. The van der Waals surface area contributed by atoms with E-state index in [4.69, 9.17) is 62.7 Å². The standard InChI is InChI=1S/2C31H30N4O3.C31H30N4O2.C29H26N4O3/c1-19-29(20(2)38-34-19)24-16-27-30(33-17-24)25(22-12-10-21(11-13-22)15-28(36)37-3)18-35(27)31(23-7-6-8-23)26-9-4-5-14-32-26;1-19-28(20(2)38-34-19)24-16-27-29(33-17-24)25(21-11-13-23(14-12-21)31(36)37)18-35(27)30(22-8-4-3-5-9-22)26-10-6-7-15-32-26;1-19(36)15-22-10-12-23(13-11-22)26-18-35(31(24-7-6-8-24)27-9-4-5-14-32-27)28-16-25(17-33-30(26)28)29-20(2)34-37-21(29)3;1-17-26(18(2)36-32-17)22-14-25-27(31-15-22)23(19-9-11-21(12-10-19)29(34)35)16-33(25)28(20-6-5-7-20)24-8-3-4-13-30-24/h4-5,9-14,16-18,23,31H,6-8,15H2,1-3H3;6-7,10-18,22,30H,3-5,8-9H2,1-2H3,(H,36,37);4-5,9-14,16-18,24,31H,6-8,15H2,1-3H3;3-4,8-16,20,28H,5-7H2,1-2H3,(H,34,35). The van der Waals surface area contributed by atoms with Gasteiger partial charge in [-0.15, -0.1) is 0 Å². The van der Waals surface area contributed by atoms with E-state index in [1.165, 1.54) is 71.3 Å². The van der Waals surface area contributed by atoms with Crippen molar-refractivity contribution in [3.8, 4) is 89.0 Å². The van der Waals surface area contributed by atoms with Gasteiger partial charge in [-0.3, -0.25) is 49.5 Å². The summed E-state index contributed by atoms with van der Waals surface area (Å²) in [7, 11) is 1.41. The zero-order valence-electron chi connectivity index (χ0n) is 85.1. The summed E-state index contributed by atoms with van der Waals surface area (Å²) in [5.74, 6) is 3.12. The molecule has 4 unspecified atom stereocenters. The summed E-state index contributed by atoms with van der Waals surface area (Å²) >= 11 is 0. The molecule has 4 saturated carbocycles. The first-order valence-electron chi connectivity index (χ1n) is 51.4. The average molecular weight is 1980 g/mol. The van der Waals surface area contributed by atoms with Gasteiger partial charge in [0.15, 0.2) is 0 Å². The predicted octanol–water partition coefficient (Wildman–Crippen LogP) is 27.1. The molecule has 0 aliphatic heterocycles. The molecule has 4 fully saturated rings. The lowest BCUT2D eigenvalue weighted by Gasteiger charge is -2.35. The van der Waals surface area contributed by atoms with Crippen LogP contribution >= 0.6 is 0 Å². The minimum Gasteiger partial charge on any atom is -0.478 e. The van der Waals surface area contributed by atoms with Gasteiger partial charge in [0.05, 0.1) is 139 Å². The number of ether oxygens (including phenoxy) is 1. The second-order valence-corrected chi connectivity index (χ2v) is 40.0. The molecule has 149 heavy (non-hydrogen) atoms. The third-order valence-corrected chi connectivity index (χ3v) is 30.5. The number of Topliss-reactive ketones (excluding diaryl/α,β-unsaturated/α-hetero) is 1. The second-order valence-electron chi connectivity index (χ2n) is 40.0. The van der Waals surface area contributed by atoms with Crippen molar-refractivity contribution in [1.29, 1.82) is 0 Å². The highest BCUT2D eigenvalue weighted by Crippen LogP contribution is 2.51. The van der Waals surface area contributed by atoms with Crippen molar-refractivity contribution in [3.63, 3.8) is 0 Å². The second kappa shape index (κ2) is 42.7. The molecule has 16 heterocycles. The fourth-order valence-electron chi connectivity index (χ4n) is 22.5. The molecule has 27 nitrogen and oxygen atoms in total. The molecule has 4 atom stereocenters. The number of benzene rings is 4. The van der Waals surface area contributed by atoms with Crippen molar-refractivity contribution in [2.24, 2.45) is 23.7 Å². The number of nitrogens with zero attached hydrogens (tertiary/aromatic N) is 16. The van der Waals surface area contributed by atoms with E-state index in [2.05, 4.69) is 155 Å². The highest BCUT2D eigenvalue weighted by molar-refractivity contribution is 6.00. The normalized spacial score (nSPS) is 14.7. The Morgan fingerprint density at radius 3 is 0.792 bits per heavy atom. The maximum Gasteiger partial charge on any atom is 0.335 e. The zero-order valence-corrected chi connectivity index (χ0v) is 85.1. The first-order valence-corrected chi connectivity index (χ1v) is 51.4. The molecule has 0 saturated heterocycles. The summed E-state index contributed by atoms with van der Waals surface area (Å²) in [6.45, 7) is 17.2. The van der Waals surface area contributed by atoms with Crippen molar-refractivity contribution >= 4 is 67.8 Å². The first kappa shape index (κ1) is 98.2. The number of carbonyl (C=O) groups is 4. The molecule has 20 aromatic rings. The van der Waals surface area contributed by atoms with Crippen LogP contribution in [0.5, 0.6) is 0 Å². The Labute approximate surface area is 862 Å². The summed E-state index contributed by atoms with van der Waals surface area (Å²) in [5, 5.41) is 35.4. The molecule has 16 aromatic heterocycles. The van der Waals surface area contributed by atoms with Gasteiger partial charge in [-0.25, -0.2) is 9.59 Å². The Hall–Kier alpha value is -16.8. The molecule has 0 radical (unpaired) electrons. The Kier molecular flexibility index (Phi) is 28.1. The van der Waals surface area contributed by atoms with E-state index in [9.17, 15) is 29.4 Å². The van der Waals surface area contributed by atoms with Crippen LogP contribution in [0.15, 0.2) is 287 Å². The third-order valence-electron chi connectivity index (χ3n) is 30.5. The number of hydrogen-bond acceptors (Lipinski definition) is 21. The molecule has 4 aliphatic carbocycles. The fourth-order valence-corrected chi connectivity index (χ4v) is 22.5. The topological polar surface area (TPSA) is 345 Å². The van der Waals surface area contributed by atoms with Gasteiger partial charge in [-0.1, -0.05) is 156 Å². The van der Waals surface area contributed by atoms with Crippen LogP contribution in [0.4, 0.5) is 0 Å². The molecular formula is C122H116N16O11. The molecule has 4 aliphatic rings. The first-order chi connectivity index (χ1) is 72.5. The van der Waals surface area contributed by atoms with Gasteiger partial charge >= 0.3 is 17.9 Å². The van der Waals surface area contributed by atoms with Gasteiger partial charge in [0.2, 0.25) is 0 Å². The zero-order chi connectivity index (χ0) is 103. The lowest BCUT2D eigenvalue weighted by molar-refractivity contribution is -0.139. The van der Waals surface area contributed by atoms with E-state index in [0.717, 1.165) is 239 Å². The smallest absolute Gasteiger partial charge is 0.335 e. The van der Waals surface area contributed by atoms with E-state index < -0.39 is 11.9 Å². The Bertz CT molecular complexity index is 8190. The monoisotopic (exact) mass is 1980 g/mol. The number of fused-ring (bicyclic) bond motifs is 4. The maximum atomic E-state index is 11.7. The molecule has 0 bridgehead atoms. The fraction of sp³-hybridized carbons (Fsp3) is 0.279. The number of hydrogen-bond donors (Lipinski definition) is 2. The van der Waals surface area contributed by atoms with Gasteiger partial charge in [-0.05, 0) is 268 Å². The Morgan fingerprint density at radius 1 is 0.322 bits per heavy atom. The molecular weight excluding hydrogens is 1870 g/mol. The Morgan fingerprint density at radius 2 is 0.577 bits per heavy atom. The van der Waals surface area contributed by atoms with E-state index >= 15 is 0 Å². The minimum atomic E-state index is -0.939. The van der Waals surface area contributed by atoms with Crippen LogP contribution in [-0.4, -0.2) is 120 Å². The van der Waals surface area contributed by atoms with Gasteiger partial charge in [0.25, 0.3) is 0 Å². The lowest BCUT2D eigenvalue weighted by Crippen LogP contribution is -2.26. The highest BCUT2D eigenvalue weighted by atomic mass is 16.5. The van der Waals surface area contributed by atoms with Gasteiger partial charge in [0, 0.05) is 148 Å². The predicted molar refractivity (Wildman–Crippen MR) is 573 cm³/mol. The number of aromatic carboxylic acids is 2. The SMILES string of the molecule is CC(=O)Cc1ccc(-c2cn(C(c3ccccn3)C3CCC3)c3cc(-c4c(C)noc4C)cnc23)cc1.COC(=O)Cc1ccc(-c2cn(C(c3ccccn3)C3CCC3)c3cc(-c4c(C)noc4C)cnc23)cc1.Cc1noc(C)c1-c1cnc2c(-c3ccc(C(=O)O)cc3)cn(C(c3ccccn3)C3CCC3)c2c1.Cc1noc(C)c1-c1cnc2c(-c3ccc(C(=O)O)cc3)cn(C(c3ccccn3)C3CCCCC3)c2c1. The van der Waals surface area contributed by atoms with E-state index in [1.54, 1.807) is 31.2 Å². The van der Waals surface area contributed by atoms with Crippen LogP contribution in [0.3, 0.4) is 0 Å². The summed E-state index contributed by atoms with van der Waals surface area (Å²) in [6.07, 6.45) is 41.3. The number of carbonyl (C=O) groups excluding carboxylic acids is 2. The number of aryl methyl sites for hydroxylation is 8. The highest BCUT2D eigenvalue weighted by Gasteiger charge is 2.39. The molecule has 750 valence electrons. The maximum absolute atomic E-state index is 11.7. The lowest BCUT2D eigenvalue weighted by atomic mass is 9.78. The number of aromatic nitrogens is 16. The van der Waals surface area contributed by atoms with E-state index in [-0.39, 0.29) is 53.5 Å². The average Bonchev–Trinajstić information content (AvgIpc) is 1.61. The molecule has 27 heteroatoms. The van der Waals surface area contributed by atoms with Gasteiger partial charge < -0.3 is 51.3 Å². The molecule has 0 amide bonds. The van der Waals surface area contributed by atoms with Crippen LogP contribution in [0.1, 0.15) is 221 Å². The number of pyridine rings is 8.